The first-order valence-electron chi connectivity index (χ1n) is 6.73. The van der Waals surface area contributed by atoms with Crippen LogP contribution in [0, 0.1) is 15.5 Å². The second kappa shape index (κ2) is 6.11. The smallest absolute Gasteiger partial charge is 0.283 e. The monoisotopic (exact) mass is 355 g/mol. The number of hydrogen-bond donors (Lipinski definition) is 1. The van der Waals surface area contributed by atoms with Crippen molar-refractivity contribution in [2.24, 2.45) is 5.41 Å². The van der Waals surface area contributed by atoms with Gasteiger partial charge in [0.2, 0.25) is 5.91 Å². The van der Waals surface area contributed by atoms with Crippen LogP contribution in [0.1, 0.15) is 18.9 Å². The first-order valence-corrected chi connectivity index (χ1v) is 7.52. The van der Waals surface area contributed by atoms with Gasteiger partial charge in [-0.3, -0.25) is 19.8 Å². The van der Waals surface area contributed by atoms with Gasteiger partial charge in [0, 0.05) is 26.2 Å². The zero-order valence-electron chi connectivity index (χ0n) is 12.1. The van der Waals surface area contributed by atoms with Crippen LogP contribution in [0.4, 0.5) is 5.69 Å². The molecule has 0 spiro atoms. The number of nitro benzene ring substituents is 1. The molecule has 1 saturated heterocycles. The Morgan fingerprint density at radius 1 is 1.57 bits per heavy atom. The molecule has 1 aromatic carbocycles. The van der Waals surface area contributed by atoms with Gasteiger partial charge in [-0.2, -0.15) is 0 Å². The third kappa shape index (κ3) is 3.41. The molecule has 1 aromatic rings. The van der Waals surface area contributed by atoms with Crippen LogP contribution in [-0.4, -0.2) is 35.9 Å². The number of nitrogens with zero attached hydrogens (tertiary/aromatic N) is 2. The third-order valence-corrected chi connectivity index (χ3v) is 4.61. The average molecular weight is 356 g/mol. The summed E-state index contributed by atoms with van der Waals surface area (Å²) in [6, 6.07) is 5.15. The van der Waals surface area contributed by atoms with Crippen molar-refractivity contribution in [3.8, 4) is 0 Å². The average Bonchev–Trinajstić information content (AvgIpc) is 2.82. The summed E-state index contributed by atoms with van der Waals surface area (Å²) in [6.45, 7) is 4.04. The molecule has 1 heterocycles. The topological polar surface area (TPSA) is 75.5 Å². The number of carbonyl (C=O) groups is 1. The fraction of sp³-hybridized carbons (Fsp3) is 0.500. The van der Waals surface area contributed by atoms with E-state index < -0.39 is 4.92 Å². The molecule has 1 amide bonds. The predicted octanol–water partition coefficient (Wildman–Crippen LogP) is 2.32. The molecule has 114 valence electrons. The fourth-order valence-electron chi connectivity index (χ4n) is 2.73. The highest BCUT2D eigenvalue weighted by molar-refractivity contribution is 9.10. The lowest BCUT2D eigenvalue weighted by Crippen LogP contribution is -2.39. The number of likely N-dealkylation sites (tertiary alicyclic amines) is 1. The van der Waals surface area contributed by atoms with Gasteiger partial charge in [-0.1, -0.05) is 6.07 Å². The first-order chi connectivity index (χ1) is 9.85. The van der Waals surface area contributed by atoms with Crippen LogP contribution < -0.4 is 5.32 Å². The van der Waals surface area contributed by atoms with Gasteiger partial charge in [0.1, 0.15) is 0 Å². The molecule has 0 aromatic heterocycles. The summed E-state index contributed by atoms with van der Waals surface area (Å²) in [5, 5.41) is 13.7. The maximum Gasteiger partial charge on any atom is 0.283 e. The maximum absolute atomic E-state index is 11.9. The summed E-state index contributed by atoms with van der Waals surface area (Å²) < 4.78 is 0.480. The molecule has 21 heavy (non-hydrogen) atoms. The van der Waals surface area contributed by atoms with Gasteiger partial charge in [-0.05, 0) is 47.4 Å². The SMILES string of the molecule is CNC(=O)C1(C)CCN(Cc2ccc(Br)c([N+](=O)[O-])c2)C1. The molecule has 0 saturated carbocycles. The first kappa shape index (κ1) is 15.9. The van der Waals surface area contributed by atoms with E-state index in [0.717, 1.165) is 18.5 Å². The fourth-order valence-corrected chi connectivity index (χ4v) is 3.12. The lowest BCUT2D eigenvalue weighted by Gasteiger charge is -2.22. The number of rotatable bonds is 4. The Hall–Kier alpha value is -1.47. The summed E-state index contributed by atoms with van der Waals surface area (Å²) in [5.74, 6) is 0.0480. The van der Waals surface area contributed by atoms with Crippen molar-refractivity contribution in [2.75, 3.05) is 20.1 Å². The number of hydrogen-bond acceptors (Lipinski definition) is 4. The highest BCUT2D eigenvalue weighted by Gasteiger charge is 2.39. The van der Waals surface area contributed by atoms with E-state index in [1.165, 1.54) is 0 Å². The Morgan fingerprint density at radius 2 is 2.29 bits per heavy atom. The highest BCUT2D eigenvalue weighted by atomic mass is 79.9. The second-order valence-corrected chi connectivity index (χ2v) is 6.50. The van der Waals surface area contributed by atoms with E-state index in [1.54, 1.807) is 19.2 Å². The molecule has 0 radical (unpaired) electrons. The molecule has 0 aliphatic carbocycles. The minimum Gasteiger partial charge on any atom is -0.359 e. The van der Waals surface area contributed by atoms with E-state index in [9.17, 15) is 14.9 Å². The van der Waals surface area contributed by atoms with Crippen LogP contribution in [0.3, 0.4) is 0 Å². The summed E-state index contributed by atoms with van der Waals surface area (Å²) in [5.41, 5.74) is 0.572. The van der Waals surface area contributed by atoms with Crippen molar-refractivity contribution < 1.29 is 9.72 Å². The van der Waals surface area contributed by atoms with Crippen molar-refractivity contribution in [2.45, 2.75) is 19.9 Å². The zero-order chi connectivity index (χ0) is 15.6. The van der Waals surface area contributed by atoms with E-state index in [-0.39, 0.29) is 17.0 Å². The number of nitrogens with one attached hydrogen (secondary N) is 1. The second-order valence-electron chi connectivity index (χ2n) is 5.64. The van der Waals surface area contributed by atoms with Gasteiger partial charge >= 0.3 is 0 Å². The Bertz CT molecular complexity index is 579. The quantitative estimate of drug-likeness (QED) is 0.664. The van der Waals surface area contributed by atoms with Crippen LogP contribution in [0.2, 0.25) is 0 Å². The van der Waals surface area contributed by atoms with Gasteiger partial charge in [0.05, 0.1) is 14.8 Å². The van der Waals surface area contributed by atoms with Crippen molar-refractivity contribution in [1.29, 1.82) is 0 Å². The molecule has 1 atom stereocenters. The number of halogens is 1. The van der Waals surface area contributed by atoms with Crippen molar-refractivity contribution in [1.82, 2.24) is 10.2 Å². The van der Waals surface area contributed by atoms with Gasteiger partial charge in [0.15, 0.2) is 0 Å². The Kier molecular flexibility index (Phi) is 4.63. The Balaban J connectivity index is 2.09. The standard InChI is InChI=1S/C14H18BrN3O3/c1-14(13(19)16-2)5-6-17(9-14)8-10-3-4-11(15)12(7-10)18(20)21/h3-4,7H,5-6,8-9H2,1-2H3,(H,16,19). The van der Waals surface area contributed by atoms with Gasteiger partial charge < -0.3 is 5.32 Å². The van der Waals surface area contributed by atoms with E-state index in [2.05, 4.69) is 26.1 Å². The molecule has 6 nitrogen and oxygen atoms in total. The summed E-state index contributed by atoms with van der Waals surface area (Å²) >= 11 is 3.18. The molecule has 1 aliphatic rings. The normalized spacial score (nSPS) is 22.2. The third-order valence-electron chi connectivity index (χ3n) is 3.94. The van der Waals surface area contributed by atoms with Crippen LogP contribution in [0.5, 0.6) is 0 Å². The van der Waals surface area contributed by atoms with Crippen LogP contribution in [0.15, 0.2) is 22.7 Å². The summed E-state index contributed by atoms with van der Waals surface area (Å²) in [6.07, 6.45) is 0.797. The molecule has 0 bridgehead atoms. The van der Waals surface area contributed by atoms with Crippen molar-refractivity contribution >= 4 is 27.5 Å². The molecule has 1 unspecified atom stereocenters. The van der Waals surface area contributed by atoms with Crippen LogP contribution in [-0.2, 0) is 11.3 Å². The minimum absolute atomic E-state index is 0.0480. The number of nitro groups is 1. The molecule has 7 heteroatoms. The van der Waals surface area contributed by atoms with Crippen LogP contribution in [0.25, 0.3) is 0 Å². The summed E-state index contributed by atoms with van der Waals surface area (Å²) in [7, 11) is 1.65. The Morgan fingerprint density at radius 3 is 2.90 bits per heavy atom. The molecule has 2 rings (SSSR count). The number of amides is 1. The van der Waals surface area contributed by atoms with Gasteiger partial charge in [0.25, 0.3) is 5.69 Å². The predicted molar refractivity (Wildman–Crippen MR) is 82.9 cm³/mol. The maximum atomic E-state index is 11.9. The number of benzene rings is 1. The Labute approximate surface area is 131 Å². The molecular formula is C14H18BrN3O3. The minimum atomic E-state index is -0.397. The van der Waals surface area contributed by atoms with Crippen molar-refractivity contribution in [3.63, 3.8) is 0 Å². The lowest BCUT2D eigenvalue weighted by molar-refractivity contribution is -0.385. The van der Waals surface area contributed by atoms with E-state index in [4.69, 9.17) is 0 Å². The molecule has 1 N–H and O–H groups in total. The van der Waals surface area contributed by atoms with Crippen LogP contribution >= 0.6 is 15.9 Å². The molecule has 1 fully saturated rings. The largest absolute Gasteiger partial charge is 0.359 e. The van der Waals surface area contributed by atoms with E-state index in [0.29, 0.717) is 17.6 Å². The van der Waals surface area contributed by atoms with E-state index >= 15 is 0 Å². The zero-order valence-corrected chi connectivity index (χ0v) is 13.6. The molecular weight excluding hydrogens is 338 g/mol. The van der Waals surface area contributed by atoms with Gasteiger partial charge in [-0.25, -0.2) is 0 Å². The molecule has 1 aliphatic heterocycles. The highest BCUT2D eigenvalue weighted by Crippen LogP contribution is 2.32. The lowest BCUT2D eigenvalue weighted by atomic mass is 9.89. The van der Waals surface area contributed by atoms with Gasteiger partial charge in [-0.15, -0.1) is 0 Å². The number of carbonyl (C=O) groups excluding carboxylic acids is 1. The van der Waals surface area contributed by atoms with Crippen molar-refractivity contribution in [3.05, 3.63) is 38.3 Å². The summed E-state index contributed by atoms with van der Waals surface area (Å²) in [4.78, 5) is 24.6. The van der Waals surface area contributed by atoms with E-state index in [1.807, 2.05) is 13.0 Å².